The third-order valence-electron chi connectivity index (χ3n) is 3.88. The van der Waals surface area contributed by atoms with Crippen molar-refractivity contribution in [2.75, 3.05) is 6.54 Å². The van der Waals surface area contributed by atoms with Crippen LogP contribution in [0.2, 0.25) is 5.02 Å². The Morgan fingerprint density at radius 2 is 2.00 bits per heavy atom. The van der Waals surface area contributed by atoms with Crippen molar-refractivity contribution in [3.8, 4) is 0 Å². The fourth-order valence-electron chi connectivity index (χ4n) is 2.63. The van der Waals surface area contributed by atoms with Gasteiger partial charge >= 0.3 is 0 Å². The van der Waals surface area contributed by atoms with Crippen LogP contribution in [0.15, 0.2) is 24.3 Å². The van der Waals surface area contributed by atoms with Crippen LogP contribution in [0, 0.1) is 5.41 Å². The predicted octanol–water partition coefficient (Wildman–Crippen LogP) is 4.44. The molecule has 0 aliphatic heterocycles. The van der Waals surface area contributed by atoms with E-state index in [9.17, 15) is 0 Å². The largest absolute Gasteiger partial charge is 0.312 e. The Morgan fingerprint density at radius 1 is 1.28 bits per heavy atom. The zero-order valence-corrected chi connectivity index (χ0v) is 12.5. The van der Waals surface area contributed by atoms with E-state index >= 15 is 0 Å². The van der Waals surface area contributed by atoms with E-state index in [4.69, 9.17) is 11.6 Å². The number of halogens is 1. The highest BCUT2D eigenvalue weighted by atomic mass is 35.5. The van der Waals surface area contributed by atoms with Gasteiger partial charge in [0.05, 0.1) is 0 Å². The maximum atomic E-state index is 6.07. The van der Waals surface area contributed by atoms with Gasteiger partial charge in [-0.15, -0.1) is 0 Å². The van der Waals surface area contributed by atoms with Crippen molar-refractivity contribution in [1.82, 2.24) is 5.32 Å². The van der Waals surface area contributed by atoms with Gasteiger partial charge < -0.3 is 5.32 Å². The lowest BCUT2D eigenvalue weighted by molar-refractivity contribution is 0.118. The fraction of sp³-hybridized carbons (Fsp3) is 0.625. The molecule has 1 aromatic carbocycles. The molecule has 0 saturated heterocycles. The van der Waals surface area contributed by atoms with Gasteiger partial charge in [0.25, 0.3) is 0 Å². The Balaban J connectivity index is 2.00. The molecule has 1 saturated carbocycles. The number of benzene rings is 1. The number of nitrogens with one attached hydrogen (secondary N) is 1. The van der Waals surface area contributed by atoms with Crippen LogP contribution in [-0.4, -0.2) is 12.1 Å². The lowest BCUT2D eigenvalue weighted by Crippen LogP contribution is -2.47. The van der Waals surface area contributed by atoms with Crippen LogP contribution in [0.1, 0.15) is 45.6 Å². The first-order valence-electron chi connectivity index (χ1n) is 6.88. The van der Waals surface area contributed by atoms with E-state index in [1.54, 1.807) is 0 Å². The van der Waals surface area contributed by atoms with Crippen LogP contribution >= 0.6 is 11.6 Å². The molecule has 0 spiro atoms. The van der Waals surface area contributed by atoms with Gasteiger partial charge in [-0.2, -0.15) is 0 Å². The first kappa shape index (κ1) is 13.9. The Kier molecular flexibility index (Phi) is 4.03. The molecule has 1 nitrogen and oxygen atoms in total. The van der Waals surface area contributed by atoms with Crippen molar-refractivity contribution < 1.29 is 0 Å². The van der Waals surface area contributed by atoms with E-state index in [1.807, 2.05) is 6.07 Å². The van der Waals surface area contributed by atoms with Gasteiger partial charge in [-0.05, 0) is 63.1 Å². The minimum atomic E-state index is 0.205. The molecule has 0 radical (unpaired) electrons. The van der Waals surface area contributed by atoms with Gasteiger partial charge in [0, 0.05) is 17.1 Å². The smallest absolute Gasteiger partial charge is 0.0408 e. The zero-order chi connectivity index (χ0) is 13.2. The van der Waals surface area contributed by atoms with Gasteiger partial charge in [-0.3, -0.25) is 0 Å². The third kappa shape index (κ3) is 3.73. The first-order valence-corrected chi connectivity index (χ1v) is 7.26. The number of hydrogen-bond donors (Lipinski definition) is 1. The summed E-state index contributed by atoms with van der Waals surface area (Å²) in [5.74, 6) is 0. The fourth-order valence-corrected chi connectivity index (χ4v) is 2.84. The molecule has 1 fully saturated rings. The summed E-state index contributed by atoms with van der Waals surface area (Å²) >= 11 is 6.07. The molecular formula is C16H24ClN. The van der Waals surface area contributed by atoms with Crippen molar-refractivity contribution in [3.63, 3.8) is 0 Å². The van der Waals surface area contributed by atoms with Gasteiger partial charge in [0.15, 0.2) is 0 Å². The molecule has 0 bridgehead atoms. The van der Waals surface area contributed by atoms with Gasteiger partial charge in [0.2, 0.25) is 0 Å². The third-order valence-corrected chi connectivity index (χ3v) is 4.11. The highest BCUT2D eigenvalue weighted by molar-refractivity contribution is 6.30. The second kappa shape index (κ2) is 5.22. The van der Waals surface area contributed by atoms with Crippen LogP contribution in [0.25, 0.3) is 0 Å². The second-order valence-electron chi connectivity index (χ2n) is 6.76. The summed E-state index contributed by atoms with van der Waals surface area (Å²) in [4.78, 5) is 0. The molecule has 1 aliphatic carbocycles. The van der Waals surface area contributed by atoms with E-state index in [0.717, 1.165) is 18.0 Å². The topological polar surface area (TPSA) is 12.0 Å². The van der Waals surface area contributed by atoms with Crippen LogP contribution in [0.5, 0.6) is 0 Å². The van der Waals surface area contributed by atoms with E-state index < -0.39 is 0 Å². The zero-order valence-electron chi connectivity index (χ0n) is 11.7. The average molecular weight is 266 g/mol. The molecule has 100 valence electrons. The molecule has 2 rings (SSSR count). The Labute approximate surface area is 116 Å². The molecule has 18 heavy (non-hydrogen) atoms. The molecular weight excluding hydrogens is 242 g/mol. The molecule has 0 aromatic heterocycles. The van der Waals surface area contributed by atoms with E-state index in [2.05, 4.69) is 44.3 Å². The van der Waals surface area contributed by atoms with Gasteiger partial charge in [0.1, 0.15) is 0 Å². The molecule has 1 aliphatic rings. The summed E-state index contributed by atoms with van der Waals surface area (Å²) in [5.41, 5.74) is 2.03. The van der Waals surface area contributed by atoms with E-state index in [1.165, 1.54) is 24.8 Å². The summed E-state index contributed by atoms with van der Waals surface area (Å²) in [5, 5.41) is 4.52. The van der Waals surface area contributed by atoms with E-state index in [-0.39, 0.29) is 5.54 Å². The summed E-state index contributed by atoms with van der Waals surface area (Å²) in [7, 11) is 0. The minimum Gasteiger partial charge on any atom is -0.312 e. The highest BCUT2D eigenvalue weighted by Gasteiger charge is 2.37. The Hall–Kier alpha value is -0.530. The summed E-state index contributed by atoms with van der Waals surface area (Å²) in [6.07, 6.45) is 5.19. The molecule has 1 aromatic rings. The number of rotatable bonds is 4. The molecule has 0 unspecified atom stereocenters. The number of hydrogen-bond acceptors (Lipinski definition) is 1. The standard InChI is InChI=1S/C16H24ClN/c1-15(2,3)18-12-16(8-5-9-16)11-13-6-4-7-14(17)10-13/h4,6-7,10,18H,5,8-9,11-12H2,1-3H3. The lowest BCUT2D eigenvalue weighted by Gasteiger charge is -2.44. The monoisotopic (exact) mass is 265 g/mol. The SMILES string of the molecule is CC(C)(C)NCC1(Cc2cccc(Cl)c2)CCC1. The molecule has 2 heteroatoms. The normalized spacial score (nSPS) is 18.4. The minimum absolute atomic E-state index is 0.205. The first-order chi connectivity index (χ1) is 8.39. The van der Waals surface area contributed by atoms with Crippen LogP contribution in [0.3, 0.4) is 0 Å². The maximum Gasteiger partial charge on any atom is 0.0408 e. The van der Waals surface area contributed by atoms with Crippen molar-refractivity contribution in [3.05, 3.63) is 34.9 Å². The van der Waals surface area contributed by atoms with Crippen molar-refractivity contribution in [2.45, 2.75) is 52.0 Å². The maximum absolute atomic E-state index is 6.07. The van der Waals surface area contributed by atoms with Crippen LogP contribution < -0.4 is 5.32 Å². The molecule has 1 N–H and O–H groups in total. The second-order valence-corrected chi connectivity index (χ2v) is 7.20. The Morgan fingerprint density at radius 3 is 2.50 bits per heavy atom. The highest BCUT2D eigenvalue weighted by Crippen LogP contribution is 2.43. The lowest BCUT2D eigenvalue weighted by atomic mass is 9.65. The average Bonchev–Trinajstić information content (AvgIpc) is 2.20. The summed E-state index contributed by atoms with van der Waals surface area (Å²) in [6, 6.07) is 8.31. The van der Waals surface area contributed by atoms with Gasteiger partial charge in [-0.25, -0.2) is 0 Å². The summed E-state index contributed by atoms with van der Waals surface area (Å²) < 4.78 is 0. The molecule has 0 amide bonds. The van der Waals surface area contributed by atoms with Crippen molar-refractivity contribution in [2.24, 2.45) is 5.41 Å². The predicted molar refractivity (Wildman–Crippen MR) is 79.2 cm³/mol. The quantitative estimate of drug-likeness (QED) is 0.849. The van der Waals surface area contributed by atoms with Crippen LogP contribution in [0.4, 0.5) is 0 Å². The van der Waals surface area contributed by atoms with Crippen molar-refractivity contribution in [1.29, 1.82) is 0 Å². The van der Waals surface area contributed by atoms with Crippen LogP contribution in [-0.2, 0) is 6.42 Å². The molecule has 0 heterocycles. The molecule has 0 atom stereocenters. The Bertz CT molecular complexity index is 402. The van der Waals surface area contributed by atoms with Crippen molar-refractivity contribution >= 4 is 11.6 Å². The van der Waals surface area contributed by atoms with Gasteiger partial charge in [-0.1, -0.05) is 30.2 Å². The summed E-state index contributed by atoms with van der Waals surface area (Å²) in [6.45, 7) is 7.82. The van der Waals surface area contributed by atoms with E-state index in [0.29, 0.717) is 5.41 Å².